The van der Waals surface area contributed by atoms with Gasteiger partial charge in [0.2, 0.25) is 5.91 Å². The smallest absolute Gasteiger partial charge is 0.224 e. The van der Waals surface area contributed by atoms with Gasteiger partial charge in [0.1, 0.15) is 23.6 Å². The molecule has 0 aliphatic heterocycles. The van der Waals surface area contributed by atoms with Crippen LogP contribution in [0.3, 0.4) is 0 Å². The number of amides is 1. The number of carbonyl (C=O) groups excluding carboxylic acids is 1. The van der Waals surface area contributed by atoms with Gasteiger partial charge in [-0.3, -0.25) is 9.36 Å². The molecule has 0 aliphatic rings. The SMILES string of the molecule is COc1ccc(OC)c(CCC(=O)Nc2ccc(-n3ccnc3)nc2)c1. The first-order valence-electron chi connectivity index (χ1n) is 8.14. The van der Waals surface area contributed by atoms with Crippen molar-refractivity contribution < 1.29 is 14.3 Å². The van der Waals surface area contributed by atoms with Crippen LogP contribution in [0.1, 0.15) is 12.0 Å². The fourth-order valence-electron chi connectivity index (χ4n) is 2.56. The van der Waals surface area contributed by atoms with Gasteiger partial charge in [0.05, 0.1) is 26.1 Å². The van der Waals surface area contributed by atoms with E-state index in [4.69, 9.17) is 9.47 Å². The van der Waals surface area contributed by atoms with E-state index in [0.717, 1.165) is 22.9 Å². The van der Waals surface area contributed by atoms with E-state index in [9.17, 15) is 4.79 Å². The first-order valence-corrected chi connectivity index (χ1v) is 8.14. The van der Waals surface area contributed by atoms with Crippen LogP contribution in [-0.4, -0.2) is 34.7 Å². The highest BCUT2D eigenvalue weighted by atomic mass is 16.5. The second-order valence-corrected chi connectivity index (χ2v) is 5.60. The maximum absolute atomic E-state index is 12.2. The van der Waals surface area contributed by atoms with Crippen LogP contribution < -0.4 is 14.8 Å². The maximum atomic E-state index is 12.2. The number of anilines is 1. The first kappa shape index (κ1) is 17.5. The van der Waals surface area contributed by atoms with E-state index in [1.54, 1.807) is 37.5 Å². The number of aromatic nitrogens is 3. The third-order valence-corrected chi connectivity index (χ3v) is 3.91. The molecule has 0 unspecified atom stereocenters. The molecule has 1 N–H and O–H groups in total. The van der Waals surface area contributed by atoms with Gasteiger partial charge in [-0.1, -0.05) is 0 Å². The molecule has 0 radical (unpaired) electrons. The van der Waals surface area contributed by atoms with Gasteiger partial charge in [-0.05, 0) is 42.3 Å². The number of nitrogens with zero attached hydrogens (tertiary/aromatic N) is 3. The van der Waals surface area contributed by atoms with E-state index < -0.39 is 0 Å². The molecular weight excluding hydrogens is 332 g/mol. The minimum atomic E-state index is -0.0907. The van der Waals surface area contributed by atoms with E-state index in [2.05, 4.69) is 15.3 Å². The van der Waals surface area contributed by atoms with Crippen molar-refractivity contribution in [3.8, 4) is 17.3 Å². The van der Waals surface area contributed by atoms with Gasteiger partial charge in [-0.15, -0.1) is 0 Å². The van der Waals surface area contributed by atoms with Crippen LogP contribution >= 0.6 is 0 Å². The van der Waals surface area contributed by atoms with Crippen molar-refractivity contribution in [3.05, 3.63) is 60.8 Å². The maximum Gasteiger partial charge on any atom is 0.224 e. The van der Waals surface area contributed by atoms with Crippen LogP contribution in [0, 0.1) is 0 Å². The number of rotatable bonds is 7. The lowest BCUT2D eigenvalue weighted by atomic mass is 10.1. The molecule has 1 aromatic carbocycles. The molecule has 26 heavy (non-hydrogen) atoms. The van der Waals surface area contributed by atoms with Gasteiger partial charge >= 0.3 is 0 Å². The second kappa shape index (κ2) is 8.15. The molecule has 1 amide bonds. The normalized spacial score (nSPS) is 10.4. The number of pyridine rings is 1. The predicted octanol–water partition coefficient (Wildman–Crippen LogP) is 2.86. The van der Waals surface area contributed by atoms with E-state index >= 15 is 0 Å². The third kappa shape index (κ3) is 4.18. The Labute approximate surface area is 151 Å². The molecule has 2 heterocycles. The highest BCUT2D eigenvalue weighted by Crippen LogP contribution is 2.25. The molecule has 3 aromatic rings. The summed E-state index contributed by atoms with van der Waals surface area (Å²) in [4.78, 5) is 20.5. The zero-order valence-electron chi connectivity index (χ0n) is 14.7. The number of hydrogen-bond acceptors (Lipinski definition) is 5. The van der Waals surface area contributed by atoms with Gasteiger partial charge in [0.15, 0.2) is 0 Å². The second-order valence-electron chi connectivity index (χ2n) is 5.60. The van der Waals surface area contributed by atoms with Crippen molar-refractivity contribution in [2.24, 2.45) is 0 Å². The van der Waals surface area contributed by atoms with Crippen molar-refractivity contribution in [2.75, 3.05) is 19.5 Å². The summed E-state index contributed by atoms with van der Waals surface area (Å²) in [5.74, 6) is 2.12. The van der Waals surface area contributed by atoms with Gasteiger partial charge in [0.25, 0.3) is 0 Å². The highest BCUT2D eigenvalue weighted by Gasteiger charge is 2.09. The number of benzene rings is 1. The summed E-state index contributed by atoms with van der Waals surface area (Å²) >= 11 is 0. The van der Waals surface area contributed by atoms with Crippen LogP contribution in [0.25, 0.3) is 5.82 Å². The topological polar surface area (TPSA) is 78.3 Å². The average Bonchev–Trinajstić information content (AvgIpc) is 3.21. The Hall–Kier alpha value is -3.35. The Morgan fingerprint density at radius 3 is 2.73 bits per heavy atom. The van der Waals surface area contributed by atoms with Crippen molar-refractivity contribution >= 4 is 11.6 Å². The van der Waals surface area contributed by atoms with Crippen LogP contribution in [-0.2, 0) is 11.2 Å². The summed E-state index contributed by atoms with van der Waals surface area (Å²) in [6, 6.07) is 9.18. The van der Waals surface area contributed by atoms with Gasteiger partial charge < -0.3 is 14.8 Å². The van der Waals surface area contributed by atoms with Crippen molar-refractivity contribution in [3.63, 3.8) is 0 Å². The molecule has 0 saturated carbocycles. The monoisotopic (exact) mass is 352 g/mol. The summed E-state index contributed by atoms with van der Waals surface area (Å²) in [6.45, 7) is 0. The van der Waals surface area contributed by atoms with E-state index in [1.807, 2.05) is 36.5 Å². The zero-order chi connectivity index (χ0) is 18.4. The van der Waals surface area contributed by atoms with E-state index in [-0.39, 0.29) is 5.91 Å². The van der Waals surface area contributed by atoms with Crippen molar-refractivity contribution in [2.45, 2.75) is 12.8 Å². The molecule has 0 fully saturated rings. The lowest BCUT2D eigenvalue weighted by molar-refractivity contribution is -0.116. The van der Waals surface area contributed by atoms with Gasteiger partial charge in [-0.2, -0.15) is 0 Å². The minimum Gasteiger partial charge on any atom is -0.497 e. The number of ether oxygens (including phenoxy) is 2. The lowest BCUT2D eigenvalue weighted by Crippen LogP contribution is -2.13. The molecule has 0 atom stereocenters. The van der Waals surface area contributed by atoms with Crippen molar-refractivity contribution in [1.29, 1.82) is 0 Å². The molecule has 3 rings (SSSR count). The minimum absolute atomic E-state index is 0.0907. The third-order valence-electron chi connectivity index (χ3n) is 3.91. The largest absolute Gasteiger partial charge is 0.497 e. The van der Waals surface area contributed by atoms with Crippen LogP contribution in [0.5, 0.6) is 11.5 Å². The summed E-state index contributed by atoms with van der Waals surface area (Å²) in [5.41, 5.74) is 1.58. The molecule has 0 spiro atoms. The number of hydrogen-bond donors (Lipinski definition) is 1. The number of nitrogens with one attached hydrogen (secondary N) is 1. The molecule has 134 valence electrons. The number of carbonyl (C=O) groups is 1. The summed E-state index contributed by atoms with van der Waals surface area (Å²) in [6.07, 6.45) is 7.66. The van der Waals surface area contributed by atoms with Gasteiger partial charge in [0, 0.05) is 18.8 Å². The Kier molecular flexibility index (Phi) is 5.48. The molecule has 2 aromatic heterocycles. The van der Waals surface area contributed by atoms with Crippen molar-refractivity contribution in [1.82, 2.24) is 14.5 Å². The lowest BCUT2D eigenvalue weighted by Gasteiger charge is -2.11. The van der Waals surface area contributed by atoms with Gasteiger partial charge in [-0.25, -0.2) is 9.97 Å². The molecular formula is C19H20N4O3. The fourth-order valence-corrected chi connectivity index (χ4v) is 2.56. The molecule has 7 heteroatoms. The first-order chi connectivity index (χ1) is 12.7. The zero-order valence-corrected chi connectivity index (χ0v) is 14.7. The molecule has 0 aliphatic carbocycles. The Balaban J connectivity index is 1.59. The van der Waals surface area contributed by atoms with Crippen LogP contribution in [0.4, 0.5) is 5.69 Å². The average molecular weight is 352 g/mol. The number of methoxy groups -OCH3 is 2. The quantitative estimate of drug-likeness (QED) is 0.707. The fraction of sp³-hybridized carbons (Fsp3) is 0.211. The summed E-state index contributed by atoms with van der Waals surface area (Å²) in [5, 5.41) is 2.85. The number of aryl methyl sites for hydroxylation is 1. The summed E-state index contributed by atoms with van der Waals surface area (Å²) < 4.78 is 12.4. The Bertz CT molecular complexity index is 861. The predicted molar refractivity (Wildman–Crippen MR) is 97.9 cm³/mol. The molecule has 7 nitrogen and oxygen atoms in total. The standard InChI is InChI=1S/C19H20N4O3/c1-25-16-5-6-17(26-2)14(11-16)3-8-19(24)22-15-4-7-18(21-12-15)23-10-9-20-13-23/h4-7,9-13H,3,8H2,1-2H3,(H,22,24). The Morgan fingerprint density at radius 2 is 2.08 bits per heavy atom. The van der Waals surface area contributed by atoms with E-state index in [1.165, 1.54) is 0 Å². The number of imidazole rings is 1. The van der Waals surface area contributed by atoms with Crippen LogP contribution in [0.15, 0.2) is 55.2 Å². The summed E-state index contributed by atoms with van der Waals surface area (Å²) in [7, 11) is 3.22. The molecule has 0 bridgehead atoms. The van der Waals surface area contributed by atoms with Crippen LogP contribution in [0.2, 0.25) is 0 Å². The van der Waals surface area contributed by atoms with E-state index in [0.29, 0.717) is 18.5 Å². The Morgan fingerprint density at radius 1 is 1.19 bits per heavy atom. The highest BCUT2D eigenvalue weighted by molar-refractivity contribution is 5.90. The molecule has 0 saturated heterocycles.